The van der Waals surface area contributed by atoms with Crippen LogP contribution in [-0.2, 0) is 25.7 Å². The molecule has 6 aliphatic rings. The second kappa shape index (κ2) is 15.7. The van der Waals surface area contributed by atoms with Crippen molar-refractivity contribution in [1.29, 1.82) is 0 Å². The molecular formula is C61H59BN2. The summed E-state index contributed by atoms with van der Waals surface area (Å²) < 4.78 is 0. The van der Waals surface area contributed by atoms with Crippen LogP contribution in [0.1, 0.15) is 128 Å². The highest BCUT2D eigenvalue weighted by atomic mass is 15.2. The van der Waals surface area contributed by atoms with Crippen molar-refractivity contribution in [3.8, 4) is 22.3 Å². The fraction of sp³-hybridized carbons (Fsp3) is 0.311. The lowest BCUT2D eigenvalue weighted by Gasteiger charge is -2.46. The maximum Gasteiger partial charge on any atom is 0.252 e. The Bertz CT molecular complexity index is 2850. The Labute approximate surface area is 381 Å². The average molecular weight is 831 g/mol. The van der Waals surface area contributed by atoms with Crippen LogP contribution < -0.4 is 26.2 Å². The average Bonchev–Trinajstić information content (AvgIpc) is 4.04. The highest BCUT2D eigenvalue weighted by Gasteiger charge is 2.45. The van der Waals surface area contributed by atoms with Crippen molar-refractivity contribution in [2.75, 3.05) is 9.80 Å². The lowest BCUT2D eigenvalue weighted by molar-refractivity contribution is 0.444. The molecule has 316 valence electrons. The van der Waals surface area contributed by atoms with Gasteiger partial charge in [0.05, 0.1) is 5.69 Å². The molecule has 2 saturated carbocycles. The molecule has 0 amide bonds. The van der Waals surface area contributed by atoms with E-state index < -0.39 is 0 Å². The summed E-state index contributed by atoms with van der Waals surface area (Å²) in [7, 11) is 0. The van der Waals surface area contributed by atoms with Gasteiger partial charge in [0.2, 0.25) is 0 Å². The molecule has 0 N–H and O–H groups in total. The summed E-state index contributed by atoms with van der Waals surface area (Å²) in [6.45, 7) is 2.49. The first-order valence-corrected chi connectivity index (χ1v) is 25.1. The molecule has 64 heavy (non-hydrogen) atoms. The molecule has 0 bridgehead atoms. The van der Waals surface area contributed by atoms with E-state index in [9.17, 15) is 0 Å². The first-order chi connectivity index (χ1) is 31.6. The molecule has 7 aromatic rings. The van der Waals surface area contributed by atoms with Crippen molar-refractivity contribution in [3.05, 3.63) is 172 Å². The fourth-order valence-electron chi connectivity index (χ4n) is 13.5. The molecule has 2 heterocycles. The minimum absolute atomic E-state index is 0.144. The third-order valence-corrected chi connectivity index (χ3v) is 16.5. The Kier molecular flexibility index (Phi) is 9.49. The van der Waals surface area contributed by atoms with E-state index >= 15 is 0 Å². The van der Waals surface area contributed by atoms with Crippen LogP contribution in [0.15, 0.2) is 133 Å². The van der Waals surface area contributed by atoms with Gasteiger partial charge in [-0.1, -0.05) is 130 Å². The van der Waals surface area contributed by atoms with E-state index in [1.165, 1.54) is 181 Å². The maximum absolute atomic E-state index is 2.83. The Morgan fingerprint density at radius 3 is 1.45 bits per heavy atom. The van der Waals surface area contributed by atoms with Gasteiger partial charge in [0, 0.05) is 28.4 Å². The molecule has 0 aromatic heterocycles. The van der Waals surface area contributed by atoms with Crippen molar-refractivity contribution in [2.45, 2.75) is 121 Å². The Morgan fingerprint density at radius 1 is 0.422 bits per heavy atom. The lowest BCUT2D eigenvalue weighted by atomic mass is 9.33. The quantitative estimate of drug-likeness (QED) is 0.154. The van der Waals surface area contributed by atoms with E-state index in [-0.39, 0.29) is 6.71 Å². The predicted octanol–water partition coefficient (Wildman–Crippen LogP) is 14.5. The van der Waals surface area contributed by atoms with Crippen LogP contribution >= 0.6 is 0 Å². The second-order valence-electron chi connectivity index (χ2n) is 20.3. The zero-order valence-corrected chi connectivity index (χ0v) is 37.6. The molecule has 2 aliphatic heterocycles. The van der Waals surface area contributed by atoms with Gasteiger partial charge in [-0.25, -0.2) is 0 Å². The molecule has 3 heteroatoms. The number of aryl methyl sites for hydroxylation is 3. The Balaban J connectivity index is 1.11. The largest absolute Gasteiger partial charge is 0.311 e. The van der Waals surface area contributed by atoms with Crippen molar-refractivity contribution in [1.82, 2.24) is 0 Å². The summed E-state index contributed by atoms with van der Waals surface area (Å²) in [5, 5.41) is 0. The van der Waals surface area contributed by atoms with Gasteiger partial charge in [0.15, 0.2) is 0 Å². The summed E-state index contributed by atoms with van der Waals surface area (Å²) in [6, 6.07) is 52.8. The van der Waals surface area contributed by atoms with Crippen LogP contribution in [0.25, 0.3) is 22.3 Å². The van der Waals surface area contributed by atoms with Crippen molar-refractivity contribution < 1.29 is 0 Å². The van der Waals surface area contributed by atoms with E-state index in [1.54, 1.807) is 33.4 Å². The van der Waals surface area contributed by atoms with E-state index in [0.717, 1.165) is 0 Å². The number of anilines is 6. The minimum atomic E-state index is 0.144. The molecule has 2 nitrogen and oxygen atoms in total. The molecule has 13 rings (SSSR count). The van der Waals surface area contributed by atoms with Crippen LogP contribution in [0.2, 0.25) is 0 Å². The standard InChI is InChI=1S/C61H59BN2/c1-40-32-58-60-59(33-40)64(61-52-26-14-24-47(52)34-48-25-15-27-53(48)61)57-31-29-46(42-18-8-3-9-19-42)39-55(57)62(60)54-38-45(41-16-6-2-7-17-41)28-30-56(54)63(58)51-36-49(43-20-10-4-11-21-43)35-50(37-51)44-22-12-5-13-23-44/h4-5,10-13,20-23,28-39,41-42H,2-3,6-9,14-19,24-27H2,1H3. The second-order valence-corrected chi connectivity index (χ2v) is 20.3. The number of hydrogen-bond donors (Lipinski definition) is 0. The number of rotatable bonds is 6. The molecule has 0 spiro atoms. The Hall–Kier alpha value is -5.80. The van der Waals surface area contributed by atoms with Gasteiger partial charge in [-0.3, -0.25) is 0 Å². The summed E-state index contributed by atoms with van der Waals surface area (Å²) in [6.07, 6.45) is 20.6. The van der Waals surface area contributed by atoms with Crippen molar-refractivity contribution in [3.63, 3.8) is 0 Å². The maximum atomic E-state index is 2.83. The molecule has 0 unspecified atom stereocenters. The first-order valence-electron chi connectivity index (χ1n) is 25.1. The van der Waals surface area contributed by atoms with Gasteiger partial charge in [0.1, 0.15) is 0 Å². The highest BCUT2D eigenvalue weighted by Crippen LogP contribution is 2.51. The highest BCUT2D eigenvalue weighted by molar-refractivity contribution is 7.00. The number of nitrogens with zero attached hydrogens (tertiary/aromatic N) is 2. The van der Waals surface area contributed by atoms with Crippen molar-refractivity contribution in [2.24, 2.45) is 0 Å². The van der Waals surface area contributed by atoms with Gasteiger partial charge in [-0.05, 0) is 203 Å². The van der Waals surface area contributed by atoms with Gasteiger partial charge < -0.3 is 9.80 Å². The third-order valence-electron chi connectivity index (χ3n) is 16.5. The lowest BCUT2D eigenvalue weighted by Crippen LogP contribution is -2.61. The SMILES string of the molecule is Cc1cc2c3c(c1)N(c1c4c(cc5c1CCC5)CCC4)c1ccc(C4CCCCC4)cc1B3c1cc(C3CCCCC3)ccc1N2c1cc(-c2ccccc2)cc(-c2ccccc2)c1. The first kappa shape index (κ1) is 38.6. The topological polar surface area (TPSA) is 6.48 Å². The van der Waals surface area contributed by atoms with Gasteiger partial charge in [-0.15, -0.1) is 0 Å². The molecule has 0 radical (unpaired) electrons. The van der Waals surface area contributed by atoms with Crippen LogP contribution in [0.5, 0.6) is 0 Å². The van der Waals surface area contributed by atoms with E-state index in [2.05, 4.69) is 150 Å². The van der Waals surface area contributed by atoms with Crippen LogP contribution in [0.4, 0.5) is 34.1 Å². The predicted molar refractivity (Wildman–Crippen MR) is 272 cm³/mol. The van der Waals surface area contributed by atoms with E-state index in [4.69, 9.17) is 0 Å². The summed E-state index contributed by atoms with van der Waals surface area (Å²) in [5.74, 6) is 1.27. The smallest absolute Gasteiger partial charge is 0.252 e. The minimum Gasteiger partial charge on any atom is -0.311 e. The number of fused-ring (bicyclic) bond motifs is 6. The summed E-state index contributed by atoms with van der Waals surface area (Å²) in [4.78, 5) is 5.52. The van der Waals surface area contributed by atoms with Gasteiger partial charge >= 0.3 is 0 Å². The van der Waals surface area contributed by atoms with Crippen LogP contribution in [-0.4, -0.2) is 6.71 Å². The molecule has 4 aliphatic carbocycles. The molecule has 2 fully saturated rings. The zero-order chi connectivity index (χ0) is 42.3. The van der Waals surface area contributed by atoms with Gasteiger partial charge in [0.25, 0.3) is 6.71 Å². The molecule has 0 saturated heterocycles. The number of benzene rings is 7. The third kappa shape index (κ3) is 6.35. The molecular weight excluding hydrogens is 771 g/mol. The summed E-state index contributed by atoms with van der Waals surface area (Å²) >= 11 is 0. The molecule has 0 atom stereocenters. The van der Waals surface area contributed by atoms with E-state index in [1.807, 2.05) is 0 Å². The van der Waals surface area contributed by atoms with Crippen LogP contribution in [0, 0.1) is 6.92 Å². The fourth-order valence-corrected chi connectivity index (χ4v) is 13.5. The number of hydrogen-bond acceptors (Lipinski definition) is 2. The van der Waals surface area contributed by atoms with E-state index in [0.29, 0.717) is 11.8 Å². The van der Waals surface area contributed by atoms with Gasteiger partial charge in [-0.2, -0.15) is 0 Å². The normalized spacial score (nSPS) is 17.8. The van der Waals surface area contributed by atoms with Crippen molar-refractivity contribution >= 4 is 57.2 Å². The van der Waals surface area contributed by atoms with Crippen LogP contribution in [0.3, 0.4) is 0 Å². The Morgan fingerprint density at radius 2 is 0.922 bits per heavy atom. The molecule has 7 aromatic carbocycles. The summed E-state index contributed by atoms with van der Waals surface area (Å²) in [5.41, 5.74) is 28.6. The zero-order valence-electron chi connectivity index (χ0n) is 37.6. The monoisotopic (exact) mass is 830 g/mol.